The van der Waals surface area contributed by atoms with E-state index >= 15 is 0 Å². The Balaban J connectivity index is 1.51. The number of nitrogens with zero attached hydrogens (tertiary/aromatic N) is 2. The zero-order valence-electron chi connectivity index (χ0n) is 13.8. The molecule has 2 aromatic heterocycles. The van der Waals surface area contributed by atoms with Gasteiger partial charge in [0.15, 0.2) is 4.34 Å². The molecular formula is C16H12F2N4O2S3. The van der Waals surface area contributed by atoms with Gasteiger partial charge in [0.25, 0.3) is 5.91 Å². The molecule has 0 aliphatic heterocycles. The minimum atomic E-state index is -0.849. The molecule has 27 heavy (non-hydrogen) atoms. The summed E-state index contributed by atoms with van der Waals surface area (Å²) in [7, 11) is 0. The van der Waals surface area contributed by atoms with Crippen molar-refractivity contribution in [3.63, 3.8) is 0 Å². The maximum absolute atomic E-state index is 13.5. The number of thioether (sulfide) groups is 1. The Kier molecular flexibility index (Phi) is 6.14. The third kappa shape index (κ3) is 5.31. The van der Waals surface area contributed by atoms with Crippen LogP contribution < -0.4 is 10.6 Å². The summed E-state index contributed by atoms with van der Waals surface area (Å²) in [6.07, 6.45) is 0. The first-order valence-corrected chi connectivity index (χ1v) is 10.2. The molecule has 2 N–H and O–H groups in total. The average Bonchev–Trinajstić information content (AvgIpc) is 3.24. The molecule has 2 heterocycles. The highest BCUT2D eigenvalue weighted by atomic mass is 32.2. The lowest BCUT2D eigenvalue weighted by molar-refractivity contribution is -0.113. The van der Waals surface area contributed by atoms with Crippen LogP contribution in [0.2, 0.25) is 0 Å². The molecule has 0 aliphatic carbocycles. The number of anilines is 2. The van der Waals surface area contributed by atoms with Crippen LogP contribution in [0.25, 0.3) is 0 Å². The number of carbonyl (C=O) groups excluding carboxylic acids is 2. The topological polar surface area (TPSA) is 84.0 Å². The van der Waals surface area contributed by atoms with Gasteiger partial charge in [-0.2, -0.15) is 0 Å². The van der Waals surface area contributed by atoms with E-state index in [4.69, 9.17) is 0 Å². The molecule has 0 bridgehead atoms. The van der Waals surface area contributed by atoms with Gasteiger partial charge in [-0.05, 0) is 36.1 Å². The van der Waals surface area contributed by atoms with Crippen molar-refractivity contribution in [2.24, 2.45) is 0 Å². The largest absolute Gasteiger partial charge is 0.323 e. The summed E-state index contributed by atoms with van der Waals surface area (Å²) in [5, 5.41) is 15.0. The van der Waals surface area contributed by atoms with Crippen molar-refractivity contribution < 1.29 is 18.4 Å². The van der Waals surface area contributed by atoms with Gasteiger partial charge in [-0.3, -0.25) is 14.9 Å². The van der Waals surface area contributed by atoms with E-state index in [0.717, 1.165) is 40.8 Å². The molecule has 0 radical (unpaired) electrons. The lowest BCUT2D eigenvalue weighted by atomic mass is 10.3. The number of thiophene rings is 1. The van der Waals surface area contributed by atoms with E-state index in [1.165, 1.54) is 11.3 Å². The second-order valence-corrected chi connectivity index (χ2v) is 8.39. The first kappa shape index (κ1) is 19.4. The molecule has 11 heteroatoms. The lowest BCUT2D eigenvalue weighted by Crippen LogP contribution is -2.15. The van der Waals surface area contributed by atoms with Crippen molar-refractivity contribution >= 4 is 57.1 Å². The molecule has 3 aromatic rings. The van der Waals surface area contributed by atoms with E-state index < -0.39 is 17.5 Å². The third-order valence-corrected chi connectivity index (χ3v) is 6.13. The van der Waals surface area contributed by atoms with Gasteiger partial charge < -0.3 is 5.32 Å². The first-order chi connectivity index (χ1) is 12.9. The Morgan fingerprint density at radius 3 is 2.70 bits per heavy atom. The number of benzene rings is 1. The van der Waals surface area contributed by atoms with E-state index in [1.807, 2.05) is 12.3 Å². The highest BCUT2D eigenvalue weighted by Gasteiger charge is 2.14. The predicted molar refractivity (Wildman–Crippen MR) is 103 cm³/mol. The van der Waals surface area contributed by atoms with Crippen LogP contribution in [0, 0.1) is 18.6 Å². The van der Waals surface area contributed by atoms with Crippen LogP contribution in [0.1, 0.15) is 15.2 Å². The van der Waals surface area contributed by atoms with Crippen molar-refractivity contribution in [2.45, 2.75) is 11.3 Å². The predicted octanol–water partition coefficient (Wildman–Crippen LogP) is 4.17. The van der Waals surface area contributed by atoms with Crippen LogP contribution in [-0.2, 0) is 4.79 Å². The number of amides is 2. The van der Waals surface area contributed by atoms with Gasteiger partial charge in [-0.15, -0.1) is 21.5 Å². The van der Waals surface area contributed by atoms with Gasteiger partial charge in [-0.25, -0.2) is 8.78 Å². The number of nitrogens with one attached hydrogen (secondary N) is 2. The van der Waals surface area contributed by atoms with Crippen LogP contribution >= 0.6 is 34.4 Å². The van der Waals surface area contributed by atoms with Gasteiger partial charge in [-0.1, -0.05) is 23.1 Å². The van der Waals surface area contributed by atoms with Crippen molar-refractivity contribution in [3.05, 3.63) is 51.7 Å². The second kappa shape index (κ2) is 8.55. The maximum Gasteiger partial charge on any atom is 0.267 e. The molecule has 0 saturated carbocycles. The average molecular weight is 426 g/mol. The molecule has 0 atom stereocenters. The Labute approximate surface area is 165 Å². The number of halogens is 2. The molecule has 140 valence electrons. The highest BCUT2D eigenvalue weighted by molar-refractivity contribution is 8.01. The van der Waals surface area contributed by atoms with Crippen molar-refractivity contribution in [1.29, 1.82) is 0 Å². The van der Waals surface area contributed by atoms with Crippen molar-refractivity contribution in [3.8, 4) is 0 Å². The molecule has 0 unspecified atom stereocenters. The molecule has 0 fully saturated rings. The minimum absolute atomic E-state index is 0.0382. The number of carbonyl (C=O) groups is 2. The summed E-state index contributed by atoms with van der Waals surface area (Å²) < 4.78 is 26.9. The smallest absolute Gasteiger partial charge is 0.267 e. The molecular weight excluding hydrogens is 414 g/mol. The Bertz CT molecular complexity index is 990. The Morgan fingerprint density at radius 1 is 1.19 bits per heavy atom. The van der Waals surface area contributed by atoms with E-state index in [9.17, 15) is 18.4 Å². The summed E-state index contributed by atoms with van der Waals surface area (Å²) in [4.78, 5) is 24.5. The van der Waals surface area contributed by atoms with E-state index in [1.54, 1.807) is 6.07 Å². The molecule has 6 nitrogen and oxygen atoms in total. The molecule has 3 rings (SSSR count). The monoisotopic (exact) mass is 426 g/mol. The molecule has 0 aliphatic rings. The highest BCUT2D eigenvalue weighted by Crippen LogP contribution is 2.26. The maximum atomic E-state index is 13.5. The van der Waals surface area contributed by atoms with Gasteiger partial charge in [0.2, 0.25) is 11.0 Å². The molecule has 0 saturated heterocycles. The summed E-state index contributed by atoms with van der Waals surface area (Å²) in [5.41, 5.74) is 0.903. The normalized spacial score (nSPS) is 10.6. The van der Waals surface area contributed by atoms with Gasteiger partial charge >= 0.3 is 0 Å². The van der Waals surface area contributed by atoms with Crippen LogP contribution in [0.5, 0.6) is 0 Å². The zero-order valence-corrected chi connectivity index (χ0v) is 16.2. The molecule has 2 amide bonds. The summed E-state index contributed by atoms with van der Waals surface area (Å²) in [5.74, 6) is -2.35. The van der Waals surface area contributed by atoms with Crippen molar-refractivity contribution in [2.75, 3.05) is 16.4 Å². The number of hydrogen-bond donors (Lipinski definition) is 2. The first-order valence-electron chi connectivity index (χ1n) is 7.48. The van der Waals surface area contributed by atoms with Crippen LogP contribution in [0.4, 0.5) is 19.6 Å². The fourth-order valence-corrected chi connectivity index (χ4v) is 4.27. The van der Waals surface area contributed by atoms with E-state index in [2.05, 4.69) is 20.8 Å². The van der Waals surface area contributed by atoms with E-state index in [0.29, 0.717) is 20.4 Å². The number of aromatic nitrogens is 2. The number of aryl methyl sites for hydroxylation is 1. The fraction of sp³-hybridized carbons (Fsp3) is 0.125. The third-order valence-electron chi connectivity index (χ3n) is 3.11. The standard InChI is InChI=1S/C16H12F2N4O2S3/c1-8-4-12(25-6-8)14(24)20-15-21-22-16(27-15)26-7-13(23)19-11-3-2-9(17)5-10(11)18/h2-6H,7H2,1H3,(H,19,23)(H,20,21,24). The van der Waals surface area contributed by atoms with Crippen LogP contribution in [0.3, 0.4) is 0 Å². The Morgan fingerprint density at radius 2 is 2.00 bits per heavy atom. The SMILES string of the molecule is Cc1csc(C(=O)Nc2nnc(SCC(=O)Nc3ccc(F)cc3F)s2)c1. The number of rotatable bonds is 6. The van der Waals surface area contributed by atoms with Gasteiger partial charge in [0.1, 0.15) is 11.6 Å². The minimum Gasteiger partial charge on any atom is -0.323 e. The van der Waals surface area contributed by atoms with Crippen molar-refractivity contribution in [1.82, 2.24) is 10.2 Å². The zero-order chi connectivity index (χ0) is 19.4. The van der Waals surface area contributed by atoms with Gasteiger partial charge in [0, 0.05) is 6.07 Å². The van der Waals surface area contributed by atoms with E-state index in [-0.39, 0.29) is 17.3 Å². The second-order valence-electron chi connectivity index (χ2n) is 5.28. The summed E-state index contributed by atoms with van der Waals surface area (Å²) in [6.45, 7) is 1.90. The number of hydrogen-bond acceptors (Lipinski definition) is 7. The summed E-state index contributed by atoms with van der Waals surface area (Å²) in [6, 6.07) is 4.67. The molecule has 0 spiro atoms. The molecule has 1 aromatic carbocycles. The quantitative estimate of drug-likeness (QED) is 0.457. The Hall–Kier alpha value is -2.37. The lowest BCUT2D eigenvalue weighted by Gasteiger charge is -2.05. The van der Waals surface area contributed by atoms with Gasteiger partial charge in [0.05, 0.1) is 16.3 Å². The van der Waals surface area contributed by atoms with Crippen LogP contribution in [-0.4, -0.2) is 27.8 Å². The summed E-state index contributed by atoms with van der Waals surface area (Å²) >= 11 is 3.55. The fourth-order valence-electron chi connectivity index (χ4n) is 1.93. The van der Waals surface area contributed by atoms with Crippen LogP contribution in [0.15, 0.2) is 34.0 Å².